The van der Waals surface area contributed by atoms with Crippen LogP contribution in [0.2, 0.25) is 0 Å². The van der Waals surface area contributed by atoms with Crippen LogP contribution in [0.3, 0.4) is 0 Å². The largest absolute Gasteiger partial charge is 0.466 e. The minimum Gasteiger partial charge on any atom is -0.466 e. The number of esters is 1. The van der Waals surface area contributed by atoms with Crippen LogP contribution in [0.5, 0.6) is 0 Å². The van der Waals surface area contributed by atoms with E-state index in [1.165, 1.54) is 0 Å². The fourth-order valence-electron chi connectivity index (χ4n) is 2.76. The van der Waals surface area contributed by atoms with Gasteiger partial charge in [0.15, 0.2) is 0 Å². The zero-order valence-electron chi connectivity index (χ0n) is 12.7. The molecule has 2 fully saturated rings. The highest BCUT2D eigenvalue weighted by atomic mass is 16.5. The van der Waals surface area contributed by atoms with E-state index in [2.05, 4.69) is 0 Å². The third-order valence-corrected chi connectivity index (χ3v) is 3.86. The van der Waals surface area contributed by atoms with Crippen molar-refractivity contribution in [3.05, 3.63) is 0 Å². The summed E-state index contributed by atoms with van der Waals surface area (Å²) in [7, 11) is 0. The minimum atomic E-state index is -0.353. The summed E-state index contributed by atoms with van der Waals surface area (Å²) in [5.41, 5.74) is 0. The van der Waals surface area contributed by atoms with Crippen LogP contribution < -0.4 is 0 Å². The molecule has 0 aromatic carbocycles. The molecule has 2 atom stereocenters. The summed E-state index contributed by atoms with van der Waals surface area (Å²) in [5.74, 6) is -0.290. The molecule has 2 aliphatic heterocycles. The predicted octanol–water partition coefficient (Wildman–Crippen LogP) is 1.13. The minimum absolute atomic E-state index is 0.0210. The van der Waals surface area contributed by atoms with Gasteiger partial charge in [0.25, 0.3) is 5.91 Å². The quantitative estimate of drug-likeness (QED) is 0.659. The lowest BCUT2D eigenvalue weighted by molar-refractivity contribution is -0.146. The molecule has 6 heteroatoms. The molecular weight excluding hydrogens is 274 g/mol. The van der Waals surface area contributed by atoms with Gasteiger partial charge in [-0.1, -0.05) is 0 Å². The van der Waals surface area contributed by atoms with Crippen LogP contribution in [0.4, 0.5) is 0 Å². The molecule has 0 saturated carbocycles. The van der Waals surface area contributed by atoms with Crippen LogP contribution in [-0.4, -0.2) is 61.9 Å². The van der Waals surface area contributed by atoms with E-state index in [0.717, 1.165) is 32.3 Å². The molecule has 2 saturated heterocycles. The Kier molecular flexibility index (Phi) is 6.45. The monoisotopic (exact) mass is 299 g/mol. The van der Waals surface area contributed by atoms with Crippen LogP contribution in [0.15, 0.2) is 0 Å². The molecule has 2 heterocycles. The van der Waals surface area contributed by atoms with Crippen molar-refractivity contribution in [2.24, 2.45) is 0 Å². The molecule has 0 aliphatic carbocycles. The fraction of sp³-hybridized carbons (Fsp3) is 0.867. The van der Waals surface area contributed by atoms with Crippen molar-refractivity contribution in [3.63, 3.8) is 0 Å². The van der Waals surface area contributed by atoms with Crippen LogP contribution >= 0.6 is 0 Å². The highest BCUT2D eigenvalue weighted by molar-refractivity contribution is 5.81. The van der Waals surface area contributed by atoms with E-state index in [1.807, 2.05) is 0 Å². The third kappa shape index (κ3) is 4.97. The van der Waals surface area contributed by atoms with Gasteiger partial charge in [-0.2, -0.15) is 0 Å². The second-order valence-electron chi connectivity index (χ2n) is 5.48. The number of amides is 1. The van der Waals surface area contributed by atoms with Gasteiger partial charge in [-0.05, 0) is 32.6 Å². The second-order valence-corrected chi connectivity index (χ2v) is 5.48. The van der Waals surface area contributed by atoms with Crippen LogP contribution in [0, 0.1) is 0 Å². The molecule has 21 heavy (non-hydrogen) atoms. The Bertz CT molecular complexity index is 348. The number of ether oxygens (including phenoxy) is 3. The molecule has 0 radical (unpaired) electrons. The molecule has 0 bridgehead atoms. The summed E-state index contributed by atoms with van der Waals surface area (Å²) in [6.07, 6.45) is 3.63. The lowest BCUT2D eigenvalue weighted by atomic mass is 10.1. The molecule has 2 rings (SSSR count). The van der Waals surface area contributed by atoms with E-state index in [9.17, 15) is 9.59 Å². The van der Waals surface area contributed by atoms with E-state index in [-0.39, 0.29) is 30.5 Å². The summed E-state index contributed by atoms with van der Waals surface area (Å²) >= 11 is 0. The topological polar surface area (TPSA) is 65.1 Å². The molecule has 1 amide bonds. The first-order valence-electron chi connectivity index (χ1n) is 7.88. The Morgan fingerprint density at radius 3 is 2.57 bits per heavy atom. The fourth-order valence-corrected chi connectivity index (χ4v) is 2.76. The van der Waals surface area contributed by atoms with Crippen LogP contribution in [-0.2, 0) is 23.8 Å². The molecule has 2 aliphatic rings. The van der Waals surface area contributed by atoms with Gasteiger partial charge < -0.3 is 19.1 Å². The molecule has 6 nitrogen and oxygen atoms in total. The predicted molar refractivity (Wildman–Crippen MR) is 75.8 cm³/mol. The zero-order valence-corrected chi connectivity index (χ0v) is 12.7. The second kappa shape index (κ2) is 8.34. The van der Waals surface area contributed by atoms with E-state index in [0.29, 0.717) is 26.3 Å². The first-order valence-corrected chi connectivity index (χ1v) is 7.88. The standard InChI is InChI=1S/C15H25NO5/c1-2-19-14(17)7-8-16(11-12-5-3-9-20-12)15(18)13-6-4-10-21-13/h12-13H,2-11H2,1H3. The van der Waals surface area contributed by atoms with E-state index >= 15 is 0 Å². The summed E-state index contributed by atoms with van der Waals surface area (Å²) in [5, 5.41) is 0. The van der Waals surface area contributed by atoms with Gasteiger partial charge >= 0.3 is 5.97 Å². The first-order chi connectivity index (χ1) is 10.2. The number of nitrogens with zero attached hydrogens (tertiary/aromatic N) is 1. The number of hydrogen-bond acceptors (Lipinski definition) is 5. The maximum absolute atomic E-state index is 12.5. The lowest BCUT2D eigenvalue weighted by Gasteiger charge is -2.27. The van der Waals surface area contributed by atoms with Gasteiger partial charge in [0, 0.05) is 26.3 Å². The van der Waals surface area contributed by atoms with Gasteiger partial charge in [0.05, 0.1) is 19.1 Å². The number of carbonyl (C=O) groups is 2. The third-order valence-electron chi connectivity index (χ3n) is 3.86. The van der Waals surface area contributed by atoms with E-state index in [1.54, 1.807) is 11.8 Å². The van der Waals surface area contributed by atoms with Gasteiger partial charge in [-0.25, -0.2) is 0 Å². The summed E-state index contributed by atoms with van der Waals surface area (Å²) in [4.78, 5) is 25.7. The maximum Gasteiger partial charge on any atom is 0.307 e. The van der Waals surface area contributed by atoms with Crippen molar-refractivity contribution in [2.75, 3.05) is 32.9 Å². The Morgan fingerprint density at radius 2 is 1.95 bits per heavy atom. The van der Waals surface area contributed by atoms with Gasteiger partial charge in [0.1, 0.15) is 6.10 Å². The van der Waals surface area contributed by atoms with Crippen molar-refractivity contribution < 1.29 is 23.8 Å². The molecule has 0 N–H and O–H groups in total. The lowest BCUT2D eigenvalue weighted by Crippen LogP contribution is -2.44. The highest BCUT2D eigenvalue weighted by Crippen LogP contribution is 2.18. The molecular formula is C15H25NO5. The molecule has 0 aromatic heterocycles. The average molecular weight is 299 g/mol. The molecule has 0 aromatic rings. The molecule has 120 valence electrons. The number of rotatable bonds is 7. The van der Waals surface area contributed by atoms with Crippen LogP contribution in [0.1, 0.15) is 39.0 Å². The van der Waals surface area contributed by atoms with Crippen molar-refractivity contribution in [1.82, 2.24) is 4.90 Å². The number of hydrogen-bond donors (Lipinski definition) is 0. The Labute approximate surface area is 125 Å². The van der Waals surface area contributed by atoms with Crippen molar-refractivity contribution in [1.29, 1.82) is 0 Å². The number of carbonyl (C=O) groups excluding carboxylic acids is 2. The van der Waals surface area contributed by atoms with E-state index in [4.69, 9.17) is 14.2 Å². The first kappa shape index (κ1) is 16.2. The smallest absolute Gasteiger partial charge is 0.307 e. The van der Waals surface area contributed by atoms with Gasteiger partial charge in [0.2, 0.25) is 0 Å². The Balaban J connectivity index is 1.88. The van der Waals surface area contributed by atoms with Crippen LogP contribution in [0.25, 0.3) is 0 Å². The summed E-state index contributed by atoms with van der Waals surface area (Å²) in [6.45, 7) is 4.45. The summed E-state index contributed by atoms with van der Waals surface area (Å²) in [6, 6.07) is 0. The normalized spacial score (nSPS) is 25.0. The van der Waals surface area contributed by atoms with E-state index < -0.39 is 0 Å². The molecule has 0 spiro atoms. The van der Waals surface area contributed by atoms with Gasteiger partial charge in [-0.15, -0.1) is 0 Å². The molecule has 2 unspecified atom stereocenters. The van der Waals surface area contributed by atoms with Crippen molar-refractivity contribution in [3.8, 4) is 0 Å². The zero-order chi connectivity index (χ0) is 15.1. The summed E-state index contributed by atoms with van der Waals surface area (Å²) < 4.78 is 16.0. The maximum atomic E-state index is 12.5. The Hall–Kier alpha value is -1.14. The average Bonchev–Trinajstić information content (AvgIpc) is 3.16. The highest BCUT2D eigenvalue weighted by Gasteiger charge is 2.30. The SMILES string of the molecule is CCOC(=O)CCN(CC1CCCO1)C(=O)C1CCCO1. The Morgan fingerprint density at radius 1 is 1.19 bits per heavy atom. The van der Waals surface area contributed by atoms with Crippen molar-refractivity contribution in [2.45, 2.75) is 51.2 Å². The van der Waals surface area contributed by atoms with Gasteiger partial charge in [-0.3, -0.25) is 9.59 Å². The van der Waals surface area contributed by atoms with Crippen molar-refractivity contribution >= 4 is 11.9 Å².